The van der Waals surface area contributed by atoms with Gasteiger partial charge in [-0.15, -0.1) is 0 Å². The van der Waals surface area contributed by atoms with Crippen molar-refractivity contribution >= 4 is 17.4 Å². The number of carbonyl (C=O) groups is 1. The Balaban J connectivity index is 1.56. The quantitative estimate of drug-likeness (QED) is 0.604. The standard InChI is InChI=1S/C22H22FN3O3/c1-28-18-8-9-19(20(13-18)29-2)26-21-10-5-16(14-25-21)22(27)24-12-11-15-3-6-17(23)7-4-15/h3-10,13-14H,11-12H2,1-2H3,(H,24,27)(H,25,26). The number of rotatable bonds is 8. The molecule has 0 fully saturated rings. The molecule has 0 aliphatic carbocycles. The second-order valence-electron chi connectivity index (χ2n) is 6.26. The van der Waals surface area contributed by atoms with Crippen molar-refractivity contribution in [3.8, 4) is 11.5 Å². The lowest BCUT2D eigenvalue weighted by atomic mass is 10.1. The summed E-state index contributed by atoms with van der Waals surface area (Å²) < 4.78 is 23.4. The molecular formula is C22H22FN3O3. The maximum absolute atomic E-state index is 12.9. The number of hydrogen-bond donors (Lipinski definition) is 2. The molecule has 1 amide bonds. The predicted octanol–water partition coefficient (Wildman–Crippen LogP) is 3.95. The minimum atomic E-state index is -0.273. The molecule has 0 aliphatic heterocycles. The van der Waals surface area contributed by atoms with Crippen LogP contribution in [0.2, 0.25) is 0 Å². The van der Waals surface area contributed by atoms with Crippen LogP contribution in [0, 0.1) is 5.82 Å². The minimum Gasteiger partial charge on any atom is -0.497 e. The van der Waals surface area contributed by atoms with Crippen molar-refractivity contribution in [2.45, 2.75) is 6.42 Å². The van der Waals surface area contributed by atoms with E-state index in [1.54, 1.807) is 44.6 Å². The summed E-state index contributed by atoms with van der Waals surface area (Å²) in [5, 5.41) is 5.99. The highest BCUT2D eigenvalue weighted by molar-refractivity contribution is 5.94. The molecular weight excluding hydrogens is 373 g/mol. The van der Waals surface area contributed by atoms with E-state index < -0.39 is 0 Å². The normalized spacial score (nSPS) is 10.3. The van der Waals surface area contributed by atoms with E-state index in [9.17, 15) is 9.18 Å². The van der Waals surface area contributed by atoms with Crippen LogP contribution < -0.4 is 20.1 Å². The van der Waals surface area contributed by atoms with Gasteiger partial charge in [0.25, 0.3) is 5.91 Å². The fraction of sp³-hybridized carbons (Fsp3) is 0.182. The molecule has 0 atom stereocenters. The average molecular weight is 395 g/mol. The number of ether oxygens (including phenoxy) is 2. The van der Waals surface area contributed by atoms with E-state index in [1.807, 2.05) is 12.1 Å². The molecule has 3 aromatic rings. The van der Waals surface area contributed by atoms with E-state index >= 15 is 0 Å². The first kappa shape index (κ1) is 20.1. The molecule has 0 spiro atoms. The molecule has 29 heavy (non-hydrogen) atoms. The lowest BCUT2D eigenvalue weighted by molar-refractivity contribution is 0.0954. The van der Waals surface area contributed by atoms with E-state index in [2.05, 4.69) is 15.6 Å². The van der Waals surface area contributed by atoms with Gasteiger partial charge in [0.05, 0.1) is 25.5 Å². The summed E-state index contributed by atoms with van der Waals surface area (Å²) in [5.74, 6) is 1.40. The van der Waals surface area contributed by atoms with Crippen molar-refractivity contribution in [3.05, 3.63) is 77.7 Å². The zero-order valence-electron chi connectivity index (χ0n) is 16.2. The second-order valence-corrected chi connectivity index (χ2v) is 6.26. The number of aromatic nitrogens is 1. The van der Waals surface area contributed by atoms with Gasteiger partial charge < -0.3 is 20.1 Å². The van der Waals surface area contributed by atoms with Crippen molar-refractivity contribution in [2.24, 2.45) is 0 Å². The fourth-order valence-electron chi connectivity index (χ4n) is 2.72. The molecule has 2 N–H and O–H groups in total. The van der Waals surface area contributed by atoms with Crippen molar-refractivity contribution in [3.63, 3.8) is 0 Å². The Morgan fingerprint density at radius 2 is 1.83 bits per heavy atom. The highest BCUT2D eigenvalue weighted by atomic mass is 19.1. The van der Waals surface area contributed by atoms with Gasteiger partial charge in [-0.2, -0.15) is 0 Å². The molecule has 150 valence electrons. The van der Waals surface area contributed by atoms with E-state index in [0.29, 0.717) is 35.8 Å². The topological polar surface area (TPSA) is 72.5 Å². The summed E-state index contributed by atoms with van der Waals surface area (Å²) in [7, 11) is 3.17. The highest BCUT2D eigenvalue weighted by Crippen LogP contribution is 2.30. The smallest absolute Gasteiger partial charge is 0.252 e. The molecule has 0 saturated carbocycles. The SMILES string of the molecule is COc1ccc(Nc2ccc(C(=O)NCCc3ccc(F)cc3)cn2)c(OC)c1. The van der Waals surface area contributed by atoms with Crippen LogP contribution in [0.25, 0.3) is 0 Å². The van der Waals surface area contributed by atoms with Crippen LogP contribution in [0.15, 0.2) is 60.8 Å². The van der Waals surface area contributed by atoms with Crippen LogP contribution in [-0.2, 0) is 6.42 Å². The van der Waals surface area contributed by atoms with Gasteiger partial charge in [-0.1, -0.05) is 12.1 Å². The number of anilines is 2. The molecule has 0 saturated heterocycles. The average Bonchev–Trinajstić information content (AvgIpc) is 2.76. The van der Waals surface area contributed by atoms with Gasteiger partial charge in [0.2, 0.25) is 0 Å². The van der Waals surface area contributed by atoms with Gasteiger partial charge in [0, 0.05) is 18.8 Å². The van der Waals surface area contributed by atoms with Crippen molar-refractivity contribution < 1.29 is 18.7 Å². The number of nitrogens with zero attached hydrogens (tertiary/aromatic N) is 1. The molecule has 1 heterocycles. The van der Waals surface area contributed by atoms with Crippen LogP contribution in [0.1, 0.15) is 15.9 Å². The van der Waals surface area contributed by atoms with Crippen LogP contribution in [0.4, 0.5) is 15.9 Å². The summed E-state index contributed by atoms with van der Waals surface area (Å²) >= 11 is 0. The molecule has 3 rings (SSSR count). The lowest BCUT2D eigenvalue weighted by Gasteiger charge is -2.12. The maximum atomic E-state index is 12.9. The first-order valence-electron chi connectivity index (χ1n) is 9.07. The van der Waals surface area contributed by atoms with Gasteiger partial charge in [-0.05, 0) is 48.4 Å². The molecule has 2 aromatic carbocycles. The predicted molar refractivity (Wildman–Crippen MR) is 110 cm³/mol. The minimum absolute atomic E-state index is 0.215. The summed E-state index contributed by atoms with van der Waals surface area (Å²) in [6.07, 6.45) is 2.13. The molecule has 6 nitrogen and oxygen atoms in total. The molecule has 7 heteroatoms. The van der Waals surface area contributed by atoms with Gasteiger partial charge in [0.1, 0.15) is 23.1 Å². The van der Waals surface area contributed by atoms with Crippen LogP contribution in [0.5, 0.6) is 11.5 Å². The molecule has 0 unspecified atom stereocenters. The number of amides is 1. The van der Waals surface area contributed by atoms with E-state index in [4.69, 9.17) is 9.47 Å². The second kappa shape index (κ2) is 9.54. The maximum Gasteiger partial charge on any atom is 0.252 e. The van der Waals surface area contributed by atoms with E-state index in [-0.39, 0.29) is 11.7 Å². The lowest BCUT2D eigenvalue weighted by Crippen LogP contribution is -2.25. The molecule has 1 aromatic heterocycles. The van der Waals surface area contributed by atoms with Crippen LogP contribution >= 0.6 is 0 Å². The van der Waals surface area contributed by atoms with Gasteiger partial charge in [-0.25, -0.2) is 9.37 Å². The fourth-order valence-corrected chi connectivity index (χ4v) is 2.72. The number of hydrogen-bond acceptors (Lipinski definition) is 5. The Morgan fingerprint density at radius 3 is 2.48 bits per heavy atom. The molecule has 0 radical (unpaired) electrons. The summed E-state index contributed by atoms with van der Waals surface area (Å²) in [5.41, 5.74) is 2.14. The Labute approximate surface area is 168 Å². The Morgan fingerprint density at radius 1 is 1.03 bits per heavy atom. The number of halogens is 1. The van der Waals surface area contributed by atoms with Crippen LogP contribution in [-0.4, -0.2) is 31.7 Å². The van der Waals surface area contributed by atoms with Crippen LogP contribution in [0.3, 0.4) is 0 Å². The number of methoxy groups -OCH3 is 2. The monoisotopic (exact) mass is 395 g/mol. The van der Waals surface area contributed by atoms with Gasteiger partial charge in [0.15, 0.2) is 0 Å². The first-order valence-corrected chi connectivity index (χ1v) is 9.07. The van der Waals surface area contributed by atoms with E-state index in [1.165, 1.54) is 18.3 Å². The van der Waals surface area contributed by atoms with Crippen molar-refractivity contribution in [2.75, 3.05) is 26.1 Å². The molecule has 0 bridgehead atoms. The Kier molecular flexibility index (Phi) is 6.63. The zero-order chi connectivity index (χ0) is 20.6. The van der Waals surface area contributed by atoms with Crippen molar-refractivity contribution in [1.82, 2.24) is 10.3 Å². The van der Waals surface area contributed by atoms with Crippen molar-refractivity contribution in [1.29, 1.82) is 0 Å². The molecule has 0 aliphatic rings. The number of pyridine rings is 1. The third-order valence-electron chi connectivity index (χ3n) is 4.31. The summed E-state index contributed by atoms with van der Waals surface area (Å²) in [6, 6.07) is 15.1. The van der Waals surface area contributed by atoms with Gasteiger partial charge in [-0.3, -0.25) is 4.79 Å². The number of benzene rings is 2. The van der Waals surface area contributed by atoms with E-state index in [0.717, 1.165) is 11.3 Å². The third kappa shape index (κ3) is 5.44. The first-order chi connectivity index (χ1) is 14.1. The third-order valence-corrected chi connectivity index (χ3v) is 4.31. The van der Waals surface area contributed by atoms with Gasteiger partial charge >= 0.3 is 0 Å². The summed E-state index contributed by atoms with van der Waals surface area (Å²) in [6.45, 7) is 0.452. The highest BCUT2D eigenvalue weighted by Gasteiger charge is 2.09. The largest absolute Gasteiger partial charge is 0.497 e. The number of nitrogens with one attached hydrogen (secondary N) is 2. The number of carbonyl (C=O) groups excluding carboxylic acids is 1. The Bertz CT molecular complexity index is 960. The zero-order valence-corrected chi connectivity index (χ0v) is 16.2. The Hall–Kier alpha value is -3.61. The summed E-state index contributed by atoms with van der Waals surface area (Å²) in [4.78, 5) is 16.6.